The topological polar surface area (TPSA) is 47.6 Å². The number of rotatable bonds is 6. The maximum absolute atomic E-state index is 11.8. The van der Waals surface area contributed by atoms with Crippen LogP contribution in [-0.4, -0.2) is 32.3 Å². The van der Waals surface area contributed by atoms with Crippen LogP contribution in [0.25, 0.3) is 0 Å². The minimum atomic E-state index is -0.924. The number of nitrogens with one attached hydrogen (secondary N) is 1. The van der Waals surface area contributed by atoms with E-state index in [-0.39, 0.29) is 12.6 Å². The van der Waals surface area contributed by atoms with E-state index in [0.29, 0.717) is 16.6 Å². The van der Waals surface area contributed by atoms with Crippen molar-refractivity contribution in [3.8, 4) is 0 Å². The minimum Gasteiger partial charge on any atom is -0.468 e. The molecule has 6 heteroatoms. The Balaban J connectivity index is 2.79. The molecule has 0 amide bonds. The SMILES string of the molecule is COC[C@](C)(NCc1ccc(Cl)cc1Cl)C(=O)OC. The van der Waals surface area contributed by atoms with Crippen LogP contribution in [0, 0.1) is 0 Å². The van der Waals surface area contributed by atoms with Gasteiger partial charge in [0, 0.05) is 23.7 Å². The van der Waals surface area contributed by atoms with Gasteiger partial charge in [-0.15, -0.1) is 0 Å². The van der Waals surface area contributed by atoms with Crippen LogP contribution in [-0.2, 0) is 20.8 Å². The normalized spacial score (nSPS) is 13.9. The number of benzene rings is 1. The average Bonchev–Trinajstić information content (AvgIpc) is 2.37. The predicted octanol–water partition coefficient (Wildman–Crippen LogP) is 2.66. The summed E-state index contributed by atoms with van der Waals surface area (Å²) < 4.78 is 9.82. The average molecular weight is 306 g/mol. The third-order valence-electron chi connectivity index (χ3n) is 2.75. The van der Waals surface area contributed by atoms with Gasteiger partial charge in [0.05, 0.1) is 13.7 Å². The van der Waals surface area contributed by atoms with Crippen molar-refractivity contribution in [1.82, 2.24) is 5.32 Å². The van der Waals surface area contributed by atoms with Crippen LogP contribution in [0.3, 0.4) is 0 Å². The third-order valence-corrected chi connectivity index (χ3v) is 3.34. The lowest BCUT2D eigenvalue weighted by Gasteiger charge is -2.27. The summed E-state index contributed by atoms with van der Waals surface area (Å²) in [5.74, 6) is -0.389. The van der Waals surface area contributed by atoms with E-state index in [1.54, 1.807) is 19.1 Å². The van der Waals surface area contributed by atoms with Crippen LogP contribution in [0.15, 0.2) is 18.2 Å². The van der Waals surface area contributed by atoms with Crippen LogP contribution >= 0.6 is 23.2 Å². The highest BCUT2D eigenvalue weighted by atomic mass is 35.5. The summed E-state index contributed by atoms with van der Waals surface area (Å²) >= 11 is 11.9. The maximum atomic E-state index is 11.8. The number of halogens is 2. The van der Waals surface area contributed by atoms with Crippen molar-refractivity contribution in [2.75, 3.05) is 20.8 Å². The van der Waals surface area contributed by atoms with Crippen LogP contribution in [0.2, 0.25) is 10.0 Å². The van der Waals surface area contributed by atoms with Gasteiger partial charge in [0.1, 0.15) is 5.54 Å². The summed E-state index contributed by atoms with van der Waals surface area (Å²) in [4.78, 5) is 11.8. The van der Waals surface area contributed by atoms with E-state index in [4.69, 9.17) is 32.7 Å². The van der Waals surface area contributed by atoms with Crippen LogP contribution in [0.4, 0.5) is 0 Å². The fourth-order valence-electron chi connectivity index (χ4n) is 1.65. The largest absolute Gasteiger partial charge is 0.468 e. The molecule has 19 heavy (non-hydrogen) atoms. The zero-order valence-corrected chi connectivity index (χ0v) is 12.6. The van der Waals surface area contributed by atoms with Crippen molar-refractivity contribution in [2.45, 2.75) is 19.0 Å². The zero-order valence-electron chi connectivity index (χ0n) is 11.1. The van der Waals surface area contributed by atoms with Crippen molar-refractivity contribution in [1.29, 1.82) is 0 Å². The van der Waals surface area contributed by atoms with E-state index >= 15 is 0 Å². The lowest BCUT2D eigenvalue weighted by molar-refractivity contribution is -0.150. The summed E-state index contributed by atoms with van der Waals surface area (Å²) in [5.41, 5.74) is -0.0794. The molecule has 0 fully saturated rings. The van der Waals surface area contributed by atoms with Gasteiger partial charge >= 0.3 is 5.97 Å². The molecule has 0 unspecified atom stereocenters. The Morgan fingerprint density at radius 2 is 2.05 bits per heavy atom. The number of carbonyl (C=O) groups excluding carboxylic acids is 1. The van der Waals surface area contributed by atoms with E-state index in [1.807, 2.05) is 6.07 Å². The van der Waals surface area contributed by atoms with Crippen LogP contribution in [0.5, 0.6) is 0 Å². The molecular weight excluding hydrogens is 289 g/mol. The van der Waals surface area contributed by atoms with E-state index in [9.17, 15) is 4.79 Å². The molecule has 1 aromatic rings. The molecule has 0 bridgehead atoms. The molecular formula is C13H17Cl2NO3. The van der Waals surface area contributed by atoms with Gasteiger partial charge in [0.25, 0.3) is 0 Å². The molecule has 0 aliphatic heterocycles. The molecule has 0 aliphatic rings. The Kier molecular flexibility index (Phi) is 6.07. The highest BCUT2D eigenvalue weighted by molar-refractivity contribution is 6.35. The standard InChI is InChI=1S/C13H17Cl2NO3/c1-13(8-18-2,12(17)19-3)16-7-9-4-5-10(14)6-11(9)15/h4-6,16H,7-8H2,1-3H3/t13-/m0/s1. The van der Waals surface area contributed by atoms with Crippen molar-refractivity contribution in [2.24, 2.45) is 0 Å². The second-order valence-electron chi connectivity index (χ2n) is 4.35. The van der Waals surface area contributed by atoms with Crippen molar-refractivity contribution >= 4 is 29.2 Å². The molecule has 0 spiro atoms. The van der Waals surface area contributed by atoms with Gasteiger partial charge in [-0.1, -0.05) is 29.3 Å². The molecule has 0 aliphatic carbocycles. The molecule has 1 rings (SSSR count). The number of hydrogen-bond acceptors (Lipinski definition) is 4. The van der Waals surface area contributed by atoms with Gasteiger partial charge in [0.2, 0.25) is 0 Å². The van der Waals surface area contributed by atoms with Crippen LogP contribution in [0.1, 0.15) is 12.5 Å². The van der Waals surface area contributed by atoms with E-state index in [1.165, 1.54) is 14.2 Å². The smallest absolute Gasteiger partial charge is 0.328 e. The lowest BCUT2D eigenvalue weighted by Crippen LogP contribution is -2.53. The first-order valence-corrected chi connectivity index (χ1v) is 6.45. The summed E-state index contributed by atoms with van der Waals surface area (Å²) in [6.45, 7) is 2.32. The van der Waals surface area contributed by atoms with Crippen molar-refractivity contribution in [3.63, 3.8) is 0 Å². The number of ether oxygens (including phenoxy) is 2. The first-order valence-electron chi connectivity index (χ1n) is 5.69. The first-order chi connectivity index (χ1) is 8.92. The summed E-state index contributed by atoms with van der Waals surface area (Å²) in [6.07, 6.45) is 0. The van der Waals surface area contributed by atoms with E-state index < -0.39 is 5.54 Å². The van der Waals surface area contributed by atoms with Gasteiger partial charge in [-0.05, 0) is 24.6 Å². The fourth-order valence-corrected chi connectivity index (χ4v) is 2.13. The number of esters is 1. The quantitative estimate of drug-likeness (QED) is 0.821. The summed E-state index contributed by atoms with van der Waals surface area (Å²) in [5, 5.41) is 4.21. The second-order valence-corrected chi connectivity index (χ2v) is 5.19. The van der Waals surface area contributed by atoms with Gasteiger partial charge in [-0.2, -0.15) is 0 Å². The third kappa shape index (κ3) is 4.35. The fraction of sp³-hybridized carbons (Fsp3) is 0.462. The molecule has 106 valence electrons. The van der Waals surface area contributed by atoms with Crippen molar-refractivity contribution in [3.05, 3.63) is 33.8 Å². The second kappa shape index (κ2) is 7.10. The Hall–Kier alpha value is -0.810. The molecule has 0 saturated heterocycles. The minimum absolute atomic E-state index is 0.199. The van der Waals surface area contributed by atoms with E-state index in [0.717, 1.165) is 5.56 Å². The predicted molar refractivity (Wildman–Crippen MR) is 75.6 cm³/mol. The Labute approximate surface area is 123 Å². The molecule has 0 heterocycles. The van der Waals surface area contributed by atoms with Crippen LogP contribution < -0.4 is 5.32 Å². The number of methoxy groups -OCH3 is 2. The van der Waals surface area contributed by atoms with E-state index in [2.05, 4.69) is 5.32 Å². The summed E-state index contributed by atoms with van der Waals surface area (Å²) in [7, 11) is 2.87. The molecule has 0 aromatic heterocycles. The molecule has 1 aromatic carbocycles. The number of hydrogen-bond donors (Lipinski definition) is 1. The van der Waals surface area contributed by atoms with Crippen molar-refractivity contribution < 1.29 is 14.3 Å². The van der Waals surface area contributed by atoms with Gasteiger partial charge in [-0.3, -0.25) is 5.32 Å². The molecule has 0 radical (unpaired) electrons. The molecule has 0 saturated carbocycles. The monoisotopic (exact) mass is 305 g/mol. The molecule has 4 nitrogen and oxygen atoms in total. The Morgan fingerprint density at radius 1 is 1.37 bits per heavy atom. The maximum Gasteiger partial charge on any atom is 0.328 e. The van der Waals surface area contributed by atoms with Gasteiger partial charge < -0.3 is 9.47 Å². The molecule has 1 atom stereocenters. The first kappa shape index (κ1) is 16.2. The number of carbonyl (C=O) groups is 1. The van der Waals surface area contributed by atoms with Gasteiger partial charge in [-0.25, -0.2) is 4.79 Å². The lowest BCUT2D eigenvalue weighted by atomic mass is 10.0. The zero-order chi connectivity index (χ0) is 14.5. The Bertz CT molecular complexity index is 454. The van der Waals surface area contributed by atoms with Gasteiger partial charge in [0.15, 0.2) is 0 Å². The highest BCUT2D eigenvalue weighted by Gasteiger charge is 2.34. The Morgan fingerprint density at radius 3 is 2.58 bits per heavy atom. The molecule has 1 N–H and O–H groups in total. The highest BCUT2D eigenvalue weighted by Crippen LogP contribution is 2.21. The summed E-state index contributed by atoms with van der Waals surface area (Å²) in [6, 6.07) is 5.21.